The van der Waals surface area contributed by atoms with E-state index in [0.29, 0.717) is 0 Å². The first-order valence-electron chi connectivity index (χ1n) is 8.41. The molecule has 0 aliphatic heterocycles. The van der Waals surface area contributed by atoms with Gasteiger partial charge in [0.1, 0.15) is 0 Å². The van der Waals surface area contributed by atoms with Crippen molar-refractivity contribution in [1.29, 1.82) is 0 Å². The van der Waals surface area contributed by atoms with Gasteiger partial charge in [-0.05, 0) is 43.4 Å². The van der Waals surface area contributed by atoms with Crippen molar-refractivity contribution in [2.75, 3.05) is 18.0 Å². The Morgan fingerprint density at radius 1 is 1.10 bits per heavy atom. The summed E-state index contributed by atoms with van der Waals surface area (Å²) < 4.78 is 0. The Kier molecular flexibility index (Phi) is 8.79. The molecule has 0 spiro atoms. The number of anilines is 1. The molecule has 2 N–H and O–H groups in total. The molecule has 2 nitrogen and oxygen atoms in total. The average Bonchev–Trinajstić information content (AvgIpc) is 2.49. The molecule has 1 unspecified atom stereocenters. The maximum Gasteiger partial charge on any atom is 0.0459 e. The lowest BCUT2D eigenvalue weighted by Gasteiger charge is -2.25. The van der Waals surface area contributed by atoms with Crippen LogP contribution in [-0.4, -0.2) is 19.1 Å². The number of unbranched alkanes of at least 4 members (excludes halogenated alkanes) is 2. The van der Waals surface area contributed by atoms with E-state index in [0.717, 1.165) is 31.0 Å². The number of benzene rings is 1. The van der Waals surface area contributed by atoms with Crippen molar-refractivity contribution in [3.05, 3.63) is 28.8 Å². The van der Waals surface area contributed by atoms with Crippen molar-refractivity contribution in [2.45, 2.75) is 65.3 Å². The minimum absolute atomic E-state index is 0.199. The van der Waals surface area contributed by atoms with E-state index in [1.807, 2.05) is 0 Å². The molecular formula is C18H31ClN2. The van der Waals surface area contributed by atoms with Crippen LogP contribution in [0, 0.1) is 0 Å². The van der Waals surface area contributed by atoms with Crippen LogP contribution in [0.5, 0.6) is 0 Å². The Hall–Kier alpha value is -0.730. The molecule has 0 aliphatic rings. The second-order valence-electron chi connectivity index (χ2n) is 5.84. The minimum atomic E-state index is 0.199. The average molecular weight is 311 g/mol. The predicted molar refractivity (Wildman–Crippen MR) is 95.5 cm³/mol. The Labute approximate surface area is 135 Å². The molecule has 1 rings (SSSR count). The number of nitrogens with two attached hydrogens (primary N) is 1. The van der Waals surface area contributed by atoms with Gasteiger partial charge in [-0.15, -0.1) is 0 Å². The lowest BCUT2D eigenvalue weighted by Crippen LogP contribution is -2.26. The van der Waals surface area contributed by atoms with Crippen LogP contribution >= 0.6 is 11.6 Å². The van der Waals surface area contributed by atoms with Crippen LogP contribution < -0.4 is 10.6 Å². The van der Waals surface area contributed by atoms with E-state index in [1.54, 1.807) is 0 Å². The molecule has 1 atom stereocenters. The summed E-state index contributed by atoms with van der Waals surface area (Å²) in [5, 5.41) is 0.856. The third kappa shape index (κ3) is 6.27. The summed E-state index contributed by atoms with van der Waals surface area (Å²) in [6.07, 6.45) is 6.74. The van der Waals surface area contributed by atoms with Gasteiger partial charge in [0.05, 0.1) is 0 Å². The Morgan fingerprint density at radius 3 is 2.19 bits per heavy atom. The molecule has 0 radical (unpaired) electrons. The van der Waals surface area contributed by atoms with Gasteiger partial charge in [-0.1, -0.05) is 51.3 Å². The lowest BCUT2D eigenvalue weighted by molar-refractivity contribution is 0.646. The Morgan fingerprint density at radius 2 is 1.71 bits per heavy atom. The summed E-state index contributed by atoms with van der Waals surface area (Å²) in [5.41, 5.74) is 8.45. The van der Waals surface area contributed by atoms with Crippen LogP contribution in [0.2, 0.25) is 5.02 Å². The molecule has 0 aliphatic carbocycles. The van der Waals surface area contributed by atoms with Crippen molar-refractivity contribution in [3.63, 3.8) is 0 Å². The number of hydrogen-bond donors (Lipinski definition) is 1. The highest BCUT2D eigenvalue weighted by Crippen LogP contribution is 2.25. The monoisotopic (exact) mass is 310 g/mol. The molecule has 120 valence electrons. The van der Waals surface area contributed by atoms with Crippen molar-refractivity contribution >= 4 is 17.3 Å². The molecular weight excluding hydrogens is 280 g/mol. The summed E-state index contributed by atoms with van der Waals surface area (Å²) >= 11 is 6.46. The number of halogens is 1. The third-order valence-electron chi connectivity index (χ3n) is 3.97. The number of hydrogen-bond acceptors (Lipinski definition) is 2. The van der Waals surface area contributed by atoms with Gasteiger partial charge in [0.15, 0.2) is 0 Å². The molecule has 0 fully saturated rings. The fourth-order valence-corrected chi connectivity index (χ4v) is 2.65. The second kappa shape index (κ2) is 10.1. The van der Waals surface area contributed by atoms with Crippen LogP contribution in [0.15, 0.2) is 18.2 Å². The van der Waals surface area contributed by atoms with Crippen molar-refractivity contribution in [1.82, 2.24) is 0 Å². The van der Waals surface area contributed by atoms with E-state index in [9.17, 15) is 0 Å². The second-order valence-corrected chi connectivity index (χ2v) is 6.25. The van der Waals surface area contributed by atoms with Crippen LogP contribution in [0.25, 0.3) is 0 Å². The molecule has 0 saturated heterocycles. The standard InChI is InChI=1S/C18H31ClN2/c1-4-7-11-21(12-8-5-2)17-10-9-15(18(19)14-17)13-16(20)6-3/h9-10,14,16H,4-8,11-13,20H2,1-3H3. The SMILES string of the molecule is CCCCN(CCCC)c1ccc(CC(N)CC)c(Cl)c1. The summed E-state index contributed by atoms with van der Waals surface area (Å²) in [7, 11) is 0. The molecule has 21 heavy (non-hydrogen) atoms. The third-order valence-corrected chi connectivity index (χ3v) is 4.32. The summed E-state index contributed by atoms with van der Waals surface area (Å²) in [5.74, 6) is 0. The quantitative estimate of drug-likeness (QED) is 0.657. The van der Waals surface area contributed by atoms with Gasteiger partial charge < -0.3 is 10.6 Å². The van der Waals surface area contributed by atoms with Gasteiger partial charge in [-0.2, -0.15) is 0 Å². The highest BCUT2D eigenvalue weighted by molar-refractivity contribution is 6.31. The zero-order valence-corrected chi connectivity index (χ0v) is 14.6. The molecule has 0 heterocycles. The van der Waals surface area contributed by atoms with Gasteiger partial charge >= 0.3 is 0 Å². The predicted octanol–water partition coefficient (Wildman–Crippen LogP) is 5.03. The van der Waals surface area contributed by atoms with E-state index in [4.69, 9.17) is 17.3 Å². The van der Waals surface area contributed by atoms with E-state index in [1.165, 1.54) is 36.9 Å². The topological polar surface area (TPSA) is 29.3 Å². The van der Waals surface area contributed by atoms with Gasteiger partial charge in [0.25, 0.3) is 0 Å². The Bertz CT molecular complexity index is 398. The molecule has 1 aromatic rings. The van der Waals surface area contributed by atoms with Crippen molar-refractivity contribution in [3.8, 4) is 0 Å². The smallest absolute Gasteiger partial charge is 0.0459 e. The first-order chi connectivity index (χ1) is 10.1. The molecule has 0 aromatic heterocycles. The number of nitrogens with zero attached hydrogens (tertiary/aromatic N) is 1. The zero-order valence-electron chi connectivity index (χ0n) is 13.9. The molecule has 0 amide bonds. The molecule has 3 heteroatoms. The summed E-state index contributed by atoms with van der Waals surface area (Å²) in [4.78, 5) is 2.46. The van der Waals surface area contributed by atoms with E-state index in [2.05, 4.69) is 43.9 Å². The molecule has 0 saturated carbocycles. The van der Waals surface area contributed by atoms with Crippen LogP contribution in [0.3, 0.4) is 0 Å². The van der Waals surface area contributed by atoms with E-state index < -0.39 is 0 Å². The largest absolute Gasteiger partial charge is 0.371 e. The van der Waals surface area contributed by atoms with Gasteiger partial charge in [-0.3, -0.25) is 0 Å². The van der Waals surface area contributed by atoms with Gasteiger partial charge in [0.2, 0.25) is 0 Å². The maximum atomic E-state index is 6.46. The molecule has 1 aromatic carbocycles. The normalized spacial score (nSPS) is 12.4. The van der Waals surface area contributed by atoms with Gasteiger partial charge in [-0.25, -0.2) is 0 Å². The summed E-state index contributed by atoms with van der Waals surface area (Å²) in [6.45, 7) is 8.81. The van der Waals surface area contributed by atoms with Crippen LogP contribution in [-0.2, 0) is 6.42 Å². The number of rotatable bonds is 10. The summed E-state index contributed by atoms with van der Waals surface area (Å²) in [6, 6.07) is 6.67. The first-order valence-corrected chi connectivity index (χ1v) is 8.79. The van der Waals surface area contributed by atoms with Crippen LogP contribution in [0.4, 0.5) is 5.69 Å². The fourth-order valence-electron chi connectivity index (χ4n) is 2.39. The van der Waals surface area contributed by atoms with Gasteiger partial charge in [0, 0.05) is 29.8 Å². The first kappa shape index (κ1) is 18.3. The highest BCUT2D eigenvalue weighted by atomic mass is 35.5. The van der Waals surface area contributed by atoms with Crippen molar-refractivity contribution < 1.29 is 0 Å². The fraction of sp³-hybridized carbons (Fsp3) is 0.667. The molecule has 0 bridgehead atoms. The zero-order chi connectivity index (χ0) is 15.7. The van der Waals surface area contributed by atoms with E-state index >= 15 is 0 Å². The van der Waals surface area contributed by atoms with Crippen molar-refractivity contribution in [2.24, 2.45) is 5.73 Å². The Balaban J connectivity index is 2.81. The van der Waals surface area contributed by atoms with E-state index in [-0.39, 0.29) is 6.04 Å². The minimum Gasteiger partial charge on any atom is -0.371 e. The maximum absolute atomic E-state index is 6.46. The van der Waals surface area contributed by atoms with Crippen LogP contribution in [0.1, 0.15) is 58.4 Å². The highest BCUT2D eigenvalue weighted by Gasteiger charge is 2.10. The lowest BCUT2D eigenvalue weighted by atomic mass is 10.0.